The Labute approximate surface area is 121 Å². The van der Waals surface area contributed by atoms with Crippen LogP contribution in [0.4, 0.5) is 0 Å². The second kappa shape index (κ2) is 5.14. The molecule has 0 unspecified atom stereocenters. The monoisotopic (exact) mass is 277 g/mol. The summed E-state index contributed by atoms with van der Waals surface area (Å²) in [5.74, 6) is 0.652. The number of rotatable bonds is 2. The minimum Gasteiger partial charge on any atom is -0.495 e. The first-order valence-electron chi connectivity index (χ1n) is 6.34. The van der Waals surface area contributed by atoms with Crippen molar-refractivity contribution in [2.75, 3.05) is 7.11 Å². The highest BCUT2D eigenvalue weighted by Crippen LogP contribution is 2.31. The van der Waals surface area contributed by atoms with E-state index in [1.54, 1.807) is 36.4 Å². The van der Waals surface area contributed by atoms with E-state index in [0.717, 1.165) is 11.1 Å². The minimum absolute atomic E-state index is 0.356. The van der Waals surface area contributed by atoms with Gasteiger partial charge in [-0.1, -0.05) is 24.3 Å². The third kappa shape index (κ3) is 2.26. The fourth-order valence-corrected chi connectivity index (χ4v) is 2.25. The molecule has 4 heteroatoms. The molecule has 0 atom stereocenters. The predicted octanol–water partition coefficient (Wildman–Crippen LogP) is 3.24. The maximum Gasteiger partial charge on any atom is 0.344 e. The molecule has 0 bridgehead atoms. The Kier molecular flexibility index (Phi) is 3.17. The number of hydrogen-bond donors (Lipinski definition) is 0. The number of hydrogen-bond acceptors (Lipinski definition) is 4. The van der Waals surface area contributed by atoms with Gasteiger partial charge in [0.1, 0.15) is 17.6 Å². The number of ether oxygens (including phenoxy) is 2. The molecule has 21 heavy (non-hydrogen) atoms. The van der Waals surface area contributed by atoms with Crippen molar-refractivity contribution in [3.05, 3.63) is 64.7 Å². The number of carbonyl (C=O) groups excluding carboxylic acids is 1. The van der Waals surface area contributed by atoms with Crippen LogP contribution in [0.25, 0.3) is 11.8 Å². The molecule has 2 aromatic rings. The number of benzene rings is 2. The second-order valence-corrected chi connectivity index (χ2v) is 4.52. The van der Waals surface area contributed by atoms with Crippen molar-refractivity contribution in [3.63, 3.8) is 0 Å². The summed E-state index contributed by atoms with van der Waals surface area (Å²) in [7, 11) is 1.52. The largest absolute Gasteiger partial charge is 0.495 e. The lowest BCUT2D eigenvalue weighted by Crippen LogP contribution is -1.92. The lowest BCUT2D eigenvalue weighted by Gasteiger charge is -2.04. The molecular formula is C17H11NO3. The highest BCUT2D eigenvalue weighted by Gasteiger charge is 2.25. The summed E-state index contributed by atoms with van der Waals surface area (Å²) in [4.78, 5) is 11.8. The number of cyclic esters (lactones) is 1. The zero-order valence-electron chi connectivity index (χ0n) is 11.3. The van der Waals surface area contributed by atoms with Gasteiger partial charge in [0.25, 0.3) is 0 Å². The summed E-state index contributed by atoms with van der Waals surface area (Å²) >= 11 is 0. The number of nitrogens with zero attached hydrogens (tertiary/aromatic N) is 1. The Balaban J connectivity index is 2.05. The van der Waals surface area contributed by atoms with Gasteiger partial charge < -0.3 is 9.47 Å². The summed E-state index contributed by atoms with van der Waals surface area (Å²) in [5, 5.41) is 9.10. The number of methoxy groups -OCH3 is 1. The molecule has 2 aromatic carbocycles. The summed E-state index contributed by atoms with van der Waals surface area (Å²) in [6.45, 7) is 0. The molecule has 1 aliphatic heterocycles. The summed E-state index contributed by atoms with van der Waals surface area (Å²) in [6, 6.07) is 14.5. The van der Waals surface area contributed by atoms with E-state index in [1.807, 2.05) is 12.1 Å². The van der Waals surface area contributed by atoms with E-state index in [2.05, 4.69) is 6.07 Å². The van der Waals surface area contributed by atoms with E-state index in [-0.39, 0.29) is 5.97 Å². The van der Waals surface area contributed by atoms with Crippen LogP contribution in [-0.4, -0.2) is 13.1 Å². The molecule has 102 valence electrons. The molecule has 0 spiro atoms. The molecule has 0 N–H and O–H groups in total. The van der Waals surface area contributed by atoms with Crippen LogP contribution in [0.1, 0.15) is 27.0 Å². The fourth-order valence-electron chi connectivity index (χ4n) is 2.25. The van der Waals surface area contributed by atoms with Crippen LogP contribution in [0.3, 0.4) is 0 Å². The predicted molar refractivity (Wildman–Crippen MR) is 77.4 cm³/mol. The SMILES string of the molecule is COc1ccc(C=C2OC(=O)c3ccccc32)cc1C#N. The van der Waals surface area contributed by atoms with Crippen molar-refractivity contribution >= 4 is 17.8 Å². The molecule has 0 radical (unpaired) electrons. The average Bonchev–Trinajstić information content (AvgIpc) is 2.84. The Hall–Kier alpha value is -3.06. The Morgan fingerprint density at radius 2 is 1.95 bits per heavy atom. The van der Waals surface area contributed by atoms with Crippen LogP contribution < -0.4 is 4.74 Å². The molecule has 0 fully saturated rings. The van der Waals surface area contributed by atoms with Gasteiger partial charge in [-0.05, 0) is 29.8 Å². The van der Waals surface area contributed by atoms with Crippen molar-refractivity contribution in [2.45, 2.75) is 0 Å². The van der Waals surface area contributed by atoms with Gasteiger partial charge in [0.15, 0.2) is 0 Å². The normalized spacial score (nSPS) is 14.5. The van der Waals surface area contributed by atoms with E-state index in [0.29, 0.717) is 22.6 Å². The van der Waals surface area contributed by atoms with Gasteiger partial charge in [0.2, 0.25) is 0 Å². The molecule has 4 nitrogen and oxygen atoms in total. The van der Waals surface area contributed by atoms with Crippen molar-refractivity contribution in [3.8, 4) is 11.8 Å². The van der Waals surface area contributed by atoms with Gasteiger partial charge in [-0.15, -0.1) is 0 Å². The zero-order chi connectivity index (χ0) is 14.8. The number of esters is 1. The summed E-state index contributed by atoms with van der Waals surface area (Å²) < 4.78 is 10.4. The van der Waals surface area contributed by atoms with Crippen molar-refractivity contribution in [1.82, 2.24) is 0 Å². The third-order valence-electron chi connectivity index (χ3n) is 3.26. The van der Waals surface area contributed by atoms with Crippen LogP contribution in [0, 0.1) is 11.3 Å². The van der Waals surface area contributed by atoms with E-state index in [4.69, 9.17) is 14.7 Å². The Morgan fingerprint density at radius 1 is 1.19 bits per heavy atom. The van der Waals surface area contributed by atoms with Crippen LogP contribution in [0.15, 0.2) is 42.5 Å². The molecule has 1 heterocycles. The van der Waals surface area contributed by atoms with Crippen LogP contribution >= 0.6 is 0 Å². The zero-order valence-corrected chi connectivity index (χ0v) is 11.3. The lowest BCUT2D eigenvalue weighted by molar-refractivity contribution is 0.0717. The van der Waals surface area contributed by atoms with Crippen LogP contribution in [0.5, 0.6) is 5.75 Å². The quantitative estimate of drug-likeness (QED) is 0.791. The lowest BCUT2D eigenvalue weighted by atomic mass is 10.1. The van der Waals surface area contributed by atoms with E-state index in [9.17, 15) is 4.79 Å². The average molecular weight is 277 g/mol. The number of fused-ring (bicyclic) bond motifs is 1. The molecule has 0 saturated carbocycles. The highest BCUT2D eigenvalue weighted by atomic mass is 16.5. The van der Waals surface area contributed by atoms with Crippen molar-refractivity contribution in [2.24, 2.45) is 0 Å². The molecule has 1 aliphatic rings. The standard InChI is InChI=1S/C17H11NO3/c1-20-15-7-6-11(8-12(15)10-18)9-16-13-4-2-3-5-14(13)17(19)21-16/h2-9H,1H3. The van der Waals surface area contributed by atoms with Gasteiger partial charge in [0.05, 0.1) is 18.2 Å². The molecule has 0 aliphatic carbocycles. The maximum absolute atomic E-state index is 11.8. The van der Waals surface area contributed by atoms with E-state index < -0.39 is 0 Å². The van der Waals surface area contributed by atoms with Gasteiger partial charge in [-0.2, -0.15) is 5.26 Å². The first-order valence-corrected chi connectivity index (χ1v) is 6.34. The molecule has 0 aromatic heterocycles. The molecule has 3 rings (SSSR count). The summed E-state index contributed by atoms with van der Waals surface area (Å²) in [6.07, 6.45) is 1.74. The number of carbonyl (C=O) groups is 1. The van der Waals surface area contributed by atoms with E-state index in [1.165, 1.54) is 7.11 Å². The third-order valence-corrected chi connectivity index (χ3v) is 3.26. The topological polar surface area (TPSA) is 59.3 Å². The van der Waals surface area contributed by atoms with Gasteiger partial charge in [0, 0.05) is 5.56 Å². The van der Waals surface area contributed by atoms with Crippen LogP contribution in [0.2, 0.25) is 0 Å². The van der Waals surface area contributed by atoms with Crippen molar-refractivity contribution < 1.29 is 14.3 Å². The highest BCUT2D eigenvalue weighted by molar-refractivity contribution is 6.05. The maximum atomic E-state index is 11.8. The molecule has 0 amide bonds. The number of nitriles is 1. The minimum atomic E-state index is -0.356. The fraction of sp³-hybridized carbons (Fsp3) is 0.0588. The van der Waals surface area contributed by atoms with E-state index >= 15 is 0 Å². The van der Waals surface area contributed by atoms with Gasteiger partial charge in [-0.25, -0.2) is 4.79 Å². The molecular weight excluding hydrogens is 266 g/mol. The first-order chi connectivity index (χ1) is 10.2. The smallest absolute Gasteiger partial charge is 0.344 e. The first kappa shape index (κ1) is 12.9. The van der Waals surface area contributed by atoms with Gasteiger partial charge in [-0.3, -0.25) is 0 Å². The Morgan fingerprint density at radius 3 is 2.67 bits per heavy atom. The second-order valence-electron chi connectivity index (χ2n) is 4.52. The van der Waals surface area contributed by atoms with Gasteiger partial charge >= 0.3 is 5.97 Å². The molecule has 0 saturated heterocycles. The van der Waals surface area contributed by atoms with Crippen LogP contribution in [-0.2, 0) is 4.74 Å². The van der Waals surface area contributed by atoms with Crippen molar-refractivity contribution in [1.29, 1.82) is 5.26 Å². The summed E-state index contributed by atoms with van der Waals surface area (Å²) in [5.41, 5.74) is 2.52. The Bertz CT molecular complexity index is 800.